The number of rotatable bonds is 3. The number of nitrogens with zero attached hydrogens (tertiary/aromatic N) is 1. The normalized spacial score (nSPS) is 20.8. The fraction of sp³-hybridized carbons (Fsp3) is 0.571. The van der Waals surface area contributed by atoms with Crippen LogP contribution < -0.4 is 4.90 Å². The molecule has 1 saturated heterocycles. The number of aliphatic hydroxyl groups excluding tert-OH is 1. The summed E-state index contributed by atoms with van der Waals surface area (Å²) >= 11 is 5.97. The lowest BCUT2D eigenvalue weighted by atomic mass is 10.1. The number of hydrogen-bond donors (Lipinski definition) is 1. The minimum absolute atomic E-state index is 0.0179. The number of anilines is 1. The van der Waals surface area contributed by atoms with E-state index in [0.717, 1.165) is 43.8 Å². The average Bonchev–Trinajstić information content (AvgIpc) is 2.63. The van der Waals surface area contributed by atoms with Gasteiger partial charge in [0.1, 0.15) is 0 Å². The topological polar surface area (TPSA) is 32.7 Å². The van der Waals surface area contributed by atoms with Gasteiger partial charge in [-0.1, -0.05) is 18.5 Å². The highest BCUT2D eigenvalue weighted by Crippen LogP contribution is 2.26. The molecule has 0 saturated carbocycles. The number of benzene rings is 1. The quantitative estimate of drug-likeness (QED) is 0.916. The summed E-state index contributed by atoms with van der Waals surface area (Å²) in [6.45, 7) is 4.82. The zero-order valence-electron chi connectivity index (χ0n) is 10.7. The predicted molar refractivity (Wildman–Crippen MR) is 74.2 cm³/mol. The third-order valence-electron chi connectivity index (χ3n) is 3.36. The Morgan fingerprint density at radius 1 is 1.50 bits per heavy atom. The van der Waals surface area contributed by atoms with E-state index in [1.807, 2.05) is 18.2 Å². The van der Waals surface area contributed by atoms with E-state index in [2.05, 4.69) is 11.8 Å². The van der Waals surface area contributed by atoms with Gasteiger partial charge in [-0.3, -0.25) is 0 Å². The van der Waals surface area contributed by atoms with Gasteiger partial charge >= 0.3 is 0 Å². The van der Waals surface area contributed by atoms with Crippen molar-refractivity contribution in [1.29, 1.82) is 0 Å². The first-order valence-corrected chi connectivity index (χ1v) is 6.88. The Hall–Kier alpha value is -0.770. The Morgan fingerprint density at radius 3 is 3.06 bits per heavy atom. The van der Waals surface area contributed by atoms with E-state index in [0.29, 0.717) is 5.02 Å². The molecule has 2 rings (SSSR count). The first-order chi connectivity index (χ1) is 8.74. The average molecular weight is 270 g/mol. The molecular weight excluding hydrogens is 250 g/mol. The second-order valence-electron chi connectivity index (χ2n) is 4.63. The molecule has 0 aliphatic carbocycles. The first-order valence-electron chi connectivity index (χ1n) is 6.50. The minimum atomic E-state index is 0.0179. The second-order valence-corrected chi connectivity index (χ2v) is 5.07. The van der Waals surface area contributed by atoms with E-state index >= 15 is 0 Å². The van der Waals surface area contributed by atoms with Gasteiger partial charge in [0.15, 0.2) is 0 Å². The zero-order valence-corrected chi connectivity index (χ0v) is 11.5. The summed E-state index contributed by atoms with van der Waals surface area (Å²) in [6, 6.07) is 5.71. The Kier molecular flexibility index (Phi) is 4.87. The summed E-state index contributed by atoms with van der Waals surface area (Å²) < 4.78 is 5.77. The van der Waals surface area contributed by atoms with Gasteiger partial charge in [-0.15, -0.1) is 0 Å². The Balaban J connectivity index is 2.23. The molecule has 0 spiro atoms. The summed E-state index contributed by atoms with van der Waals surface area (Å²) in [5.74, 6) is 0. The summed E-state index contributed by atoms with van der Waals surface area (Å²) in [7, 11) is 0. The van der Waals surface area contributed by atoms with Gasteiger partial charge in [-0.05, 0) is 31.0 Å². The highest BCUT2D eigenvalue weighted by Gasteiger charge is 2.19. The highest BCUT2D eigenvalue weighted by atomic mass is 35.5. The number of hydrogen-bond acceptors (Lipinski definition) is 3. The van der Waals surface area contributed by atoms with Crippen LogP contribution in [0.2, 0.25) is 5.02 Å². The molecule has 0 bridgehead atoms. The maximum atomic E-state index is 9.45. The Bertz CT molecular complexity index is 397. The smallest absolute Gasteiger partial charge is 0.0747 e. The molecule has 0 aromatic heterocycles. The zero-order chi connectivity index (χ0) is 13.0. The Labute approximate surface area is 113 Å². The molecule has 1 atom stereocenters. The molecule has 1 N–H and O–H groups in total. The fourth-order valence-electron chi connectivity index (χ4n) is 2.35. The largest absolute Gasteiger partial charge is 0.392 e. The minimum Gasteiger partial charge on any atom is -0.392 e. The van der Waals surface area contributed by atoms with Crippen LogP contribution in [-0.2, 0) is 11.3 Å². The lowest BCUT2D eigenvalue weighted by Crippen LogP contribution is -2.32. The van der Waals surface area contributed by atoms with Crippen LogP contribution in [0.5, 0.6) is 0 Å². The van der Waals surface area contributed by atoms with Crippen molar-refractivity contribution in [3.63, 3.8) is 0 Å². The number of aliphatic hydroxyl groups is 1. The molecule has 1 aromatic rings. The van der Waals surface area contributed by atoms with Crippen molar-refractivity contribution in [3.8, 4) is 0 Å². The van der Waals surface area contributed by atoms with Crippen LogP contribution in [0, 0.1) is 0 Å². The van der Waals surface area contributed by atoms with E-state index in [9.17, 15) is 5.11 Å². The molecule has 18 heavy (non-hydrogen) atoms. The van der Waals surface area contributed by atoms with Gasteiger partial charge in [0, 0.05) is 36.0 Å². The SMILES string of the molecule is CCC1CN(c2ccc(Cl)cc2CO)CCCO1. The van der Waals surface area contributed by atoms with Crippen molar-refractivity contribution in [1.82, 2.24) is 0 Å². The van der Waals surface area contributed by atoms with E-state index in [1.165, 1.54) is 0 Å². The standard InChI is InChI=1S/C14H20ClNO2/c1-2-13-9-16(6-3-7-18-13)14-5-4-12(15)8-11(14)10-17/h4-5,8,13,17H,2-3,6-7,9-10H2,1H3. The van der Waals surface area contributed by atoms with Crippen LogP contribution in [0.25, 0.3) is 0 Å². The second kappa shape index (κ2) is 6.41. The summed E-state index contributed by atoms with van der Waals surface area (Å²) in [5.41, 5.74) is 1.96. The van der Waals surface area contributed by atoms with E-state index in [-0.39, 0.29) is 12.7 Å². The molecule has 3 nitrogen and oxygen atoms in total. The number of halogens is 1. The maximum Gasteiger partial charge on any atom is 0.0747 e. The van der Waals surface area contributed by atoms with Crippen LogP contribution in [0.3, 0.4) is 0 Å². The van der Waals surface area contributed by atoms with E-state index in [4.69, 9.17) is 16.3 Å². The van der Waals surface area contributed by atoms with Crippen molar-refractivity contribution in [2.45, 2.75) is 32.5 Å². The van der Waals surface area contributed by atoms with Gasteiger partial charge < -0.3 is 14.7 Å². The van der Waals surface area contributed by atoms with Crippen molar-refractivity contribution < 1.29 is 9.84 Å². The molecule has 0 radical (unpaired) electrons. The number of ether oxygens (including phenoxy) is 1. The molecule has 4 heteroatoms. The molecule has 1 aromatic carbocycles. The van der Waals surface area contributed by atoms with Crippen molar-refractivity contribution >= 4 is 17.3 Å². The van der Waals surface area contributed by atoms with Crippen LogP contribution in [-0.4, -0.2) is 30.9 Å². The van der Waals surface area contributed by atoms with Crippen LogP contribution >= 0.6 is 11.6 Å². The van der Waals surface area contributed by atoms with Crippen LogP contribution in [0.1, 0.15) is 25.3 Å². The maximum absolute atomic E-state index is 9.45. The van der Waals surface area contributed by atoms with Gasteiger partial charge in [-0.2, -0.15) is 0 Å². The van der Waals surface area contributed by atoms with Gasteiger partial charge in [-0.25, -0.2) is 0 Å². The molecule has 1 heterocycles. The molecule has 1 aliphatic rings. The molecule has 0 amide bonds. The van der Waals surface area contributed by atoms with Crippen molar-refractivity contribution in [3.05, 3.63) is 28.8 Å². The highest BCUT2D eigenvalue weighted by molar-refractivity contribution is 6.30. The summed E-state index contributed by atoms with van der Waals surface area (Å²) in [6.07, 6.45) is 2.30. The molecule has 1 unspecified atom stereocenters. The third kappa shape index (κ3) is 3.16. The first kappa shape index (κ1) is 13.7. The predicted octanol–water partition coefficient (Wildman–Crippen LogP) is 2.84. The van der Waals surface area contributed by atoms with E-state index < -0.39 is 0 Å². The summed E-state index contributed by atoms with van der Waals surface area (Å²) in [5, 5.41) is 10.1. The molecule has 1 aliphatic heterocycles. The molecule has 100 valence electrons. The summed E-state index contributed by atoms with van der Waals surface area (Å²) in [4.78, 5) is 2.29. The van der Waals surface area contributed by atoms with Crippen LogP contribution in [0.15, 0.2) is 18.2 Å². The Morgan fingerprint density at radius 2 is 2.33 bits per heavy atom. The van der Waals surface area contributed by atoms with Gasteiger partial charge in [0.2, 0.25) is 0 Å². The molecular formula is C14H20ClNO2. The van der Waals surface area contributed by atoms with E-state index in [1.54, 1.807) is 0 Å². The van der Waals surface area contributed by atoms with Crippen molar-refractivity contribution in [2.24, 2.45) is 0 Å². The lowest BCUT2D eigenvalue weighted by Gasteiger charge is -2.27. The fourth-order valence-corrected chi connectivity index (χ4v) is 2.54. The van der Waals surface area contributed by atoms with Gasteiger partial charge in [0.05, 0.1) is 12.7 Å². The van der Waals surface area contributed by atoms with Crippen molar-refractivity contribution in [2.75, 3.05) is 24.6 Å². The third-order valence-corrected chi connectivity index (χ3v) is 3.59. The monoisotopic (exact) mass is 269 g/mol. The lowest BCUT2D eigenvalue weighted by molar-refractivity contribution is 0.0664. The van der Waals surface area contributed by atoms with Crippen LogP contribution in [0.4, 0.5) is 5.69 Å². The molecule has 1 fully saturated rings. The van der Waals surface area contributed by atoms with Gasteiger partial charge in [0.25, 0.3) is 0 Å².